The van der Waals surface area contributed by atoms with E-state index in [1.165, 1.54) is 0 Å². The van der Waals surface area contributed by atoms with Crippen LogP contribution in [0, 0.1) is 0 Å². The molecule has 0 aliphatic heterocycles. The molecule has 0 bridgehead atoms. The van der Waals surface area contributed by atoms with Crippen LogP contribution in [0.2, 0.25) is 0 Å². The van der Waals surface area contributed by atoms with E-state index in [-0.39, 0.29) is 10.9 Å². The van der Waals surface area contributed by atoms with Crippen molar-refractivity contribution in [3.8, 4) is 16.9 Å². The molecule has 0 aromatic heterocycles. The molecule has 1 saturated carbocycles. The fourth-order valence-corrected chi connectivity index (χ4v) is 2.49. The Morgan fingerprint density at radius 3 is 2.52 bits per heavy atom. The third-order valence-corrected chi connectivity index (χ3v) is 3.98. The zero-order chi connectivity index (χ0) is 16.2. The normalized spacial score (nSPS) is 13.3. The monoisotopic (exact) mass is 326 g/mol. The van der Waals surface area contributed by atoms with Gasteiger partial charge in [-0.2, -0.15) is 0 Å². The summed E-state index contributed by atoms with van der Waals surface area (Å²) in [5, 5.41) is 5.87. The van der Waals surface area contributed by atoms with Gasteiger partial charge in [-0.05, 0) is 36.1 Å². The summed E-state index contributed by atoms with van der Waals surface area (Å²) in [6.07, 6.45) is 2.14. The second-order valence-electron chi connectivity index (χ2n) is 5.48. The minimum Gasteiger partial charge on any atom is -0.495 e. The summed E-state index contributed by atoms with van der Waals surface area (Å²) in [6.45, 7) is 0. The van der Waals surface area contributed by atoms with Crippen molar-refractivity contribution in [3.63, 3.8) is 0 Å². The molecule has 2 N–H and O–H groups in total. The number of hydrogen-bond donors (Lipinski definition) is 2. The van der Waals surface area contributed by atoms with E-state index in [9.17, 15) is 4.79 Å². The highest BCUT2D eigenvalue weighted by atomic mass is 32.1. The zero-order valence-electron chi connectivity index (χ0n) is 12.8. The molecular formula is C18H18N2O2S. The van der Waals surface area contributed by atoms with Crippen molar-refractivity contribution < 1.29 is 9.53 Å². The van der Waals surface area contributed by atoms with Crippen LogP contribution in [0.15, 0.2) is 48.5 Å². The number of thiocarbonyl (C=S) groups is 1. The fraction of sp³-hybridized carbons (Fsp3) is 0.222. The van der Waals surface area contributed by atoms with Crippen molar-refractivity contribution in [3.05, 3.63) is 48.5 Å². The van der Waals surface area contributed by atoms with Crippen LogP contribution in [0.25, 0.3) is 11.1 Å². The van der Waals surface area contributed by atoms with Gasteiger partial charge in [-0.1, -0.05) is 48.6 Å². The maximum atomic E-state index is 12.2. The van der Waals surface area contributed by atoms with Crippen LogP contribution in [0.3, 0.4) is 0 Å². The van der Waals surface area contributed by atoms with Gasteiger partial charge in [-0.3, -0.25) is 4.79 Å². The number of carbonyl (C=O) groups is 1. The smallest absolute Gasteiger partial charge is 0.283 e. The third-order valence-electron chi connectivity index (χ3n) is 3.67. The largest absolute Gasteiger partial charge is 0.495 e. The first-order chi connectivity index (χ1) is 11.2. The number of rotatable bonds is 4. The van der Waals surface area contributed by atoms with Gasteiger partial charge in [0.15, 0.2) is 4.99 Å². The van der Waals surface area contributed by atoms with E-state index in [1.54, 1.807) is 7.11 Å². The average molecular weight is 326 g/mol. The molecule has 0 heterocycles. The van der Waals surface area contributed by atoms with E-state index in [0.717, 1.165) is 24.0 Å². The molecule has 1 aliphatic rings. The molecule has 1 amide bonds. The molecule has 0 atom stereocenters. The molecule has 1 fully saturated rings. The molecule has 3 rings (SSSR count). The second kappa shape index (κ2) is 6.79. The van der Waals surface area contributed by atoms with Crippen LogP contribution in [0.4, 0.5) is 5.69 Å². The lowest BCUT2D eigenvalue weighted by molar-refractivity contribution is -0.110. The van der Waals surface area contributed by atoms with Gasteiger partial charge in [0.05, 0.1) is 12.8 Å². The first-order valence-electron chi connectivity index (χ1n) is 7.52. The fourth-order valence-electron chi connectivity index (χ4n) is 2.27. The van der Waals surface area contributed by atoms with Crippen molar-refractivity contribution >= 4 is 28.8 Å². The Hall–Kier alpha value is -2.40. The average Bonchev–Trinajstić information content (AvgIpc) is 3.39. The quantitative estimate of drug-likeness (QED) is 0.846. The minimum absolute atomic E-state index is 0.222. The van der Waals surface area contributed by atoms with Gasteiger partial charge in [-0.25, -0.2) is 0 Å². The van der Waals surface area contributed by atoms with E-state index in [2.05, 4.69) is 10.6 Å². The number of amides is 1. The Kier molecular flexibility index (Phi) is 4.57. The summed E-state index contributed by atoms with van der Waals surface area (Å²) in [5.41, 5.74) is 2.69. The van der Waals surface area contributed by atoms with Gasteiger partial charge in [0.2, 0.25) is 0 Å². The lowest BCUT2D eigenvalue weighted by Gasteiger charge is -2.13. The number of nitrogens with one attached hydrogen (secondary N) is 2. The summed E-state index contributed by atoms with van der Waals surface area (Å²) < 4.78 is 5.33. The van der Waals surface area contributed by atoms with Crippen molar-refractivity contribution in [2.75, 3.05) is 12.4 Å². The molecule has 2 aromatic rings. The lowest BCUT2D eigenvalue weighted by atomic mass is 10.0. The van der Waals surface area contributed by atoms with Crippen molar-refractivity contribution in [2.45, 2.75) is 18.9 Å². The molecule has 0 saturated heterocycles. The van der Waals surface area contributed by atoms with Crippen LogP contribution < -0.4 is 15.4 Å². The molecule has 23 heavy (non-hydrogen) atoms. The number of ether oxygens (including phenoxy) is 1. The molecule has 0 unspecified atom stereocenters. The van der Waals surface area contributed by atoms with Crippen molar-refractivity contribution in [2.24, 2.45) is 0 Å². The third kappa shape index (κ3) is 3.87. The van der Waals surface area contributed by atoms with Crippen LogP contribution in [0.1, 0.15) is 12.8 Å². The highest BCUT2D eigenvalue weighted by Gasteiger charge is 2.24. The van der Waals surface area contributed by atoms with Crippen LogP contribution in [-0.4, -0.2) is 24.0 Å². The molecule has 118 valence electrons. The number of methoxy groups -OCH3 is 1. The number of carbonyl (C=O) groups excluding carboxylic acids is 1. The molecule has 0 spiro atoms. The summed E-state index contributed by atoms with van der Waals surface area (Å²) in [7, 11) is 1.58. The van der Waals surface area contributed by atoms with Crippen LogP contribution in [-0.2, 0) is 4.79 Å². The Balaban J connectivity index is 1.81. The molecule has 1 aliphatic carbocycles. The Bertz CT molecular complexity index is 727. The topological polar surface area (TPSA) is 50.4 Å². The Morgan fingerprint density at radius 1 is 1.13 bits per heavy atom. The summed E-state index contributed by atoms with van der Waals surface area (Å²) in [6, 6.07) is 16.0. The van der Waals surface area contributed by atoms with Gasteiger partial charge in [0, 0.05) is 6.04 Å². The van der Waals surface area contributed by atoms with Crippen molar-refractivity contribution in [1.29, 1.82) is 0 Å². The van der Waals surface area contributed by atoms with E-state index in [4.69, 9.17) is 17.0 Å². The molecule has 0 radical (unpaired) electrons. The van der Waals surface area contributed by atoms with Gasteiger partial charge in [0.25, 0.3) is 5.91 Å². The van der Waals surface area contributed by atoms with Gasteiger partial charge >= 0.3 is 0 Å². The summed E-state index contributed by atoms with van der Waals surface area (Å²) >= 11 is 5.13. The SMILES string of the molecule is COc1ccc(-c2ccccc2)cc1NC(=O)C(=S)NC1CC1. The minimum atomic E-state index is -0.310. The van der Waals surface area contributed by atoms with Gasteiger partial charge in [-0.15, -0.1) is 0 Å². The summed E-state index contributed by atoms with van der Waals surface area (Å²) in [4.78, 5) is 12.4. The second-order valence-corrected chi connectivity index (χ2v) is 5.89. The van der Waals surface area contributed by atoms with Crippen LogP contribution >= 0.6 is 12.2 Å². The predicted molar refractivity (Wildman–Crippen MR) is 95.8 cm³/mol. The van der Waals surface area contributed by atoms with E-state index < -0.39 is 0 Å². The molecule has 4 nitrogen and oxygen atoms in total. The predicted octanol–water partition coefficient (Wildman–Crippen LogP) is 3.38. The molecule has 5 heteroatoms. The van der Waals surface area contributed by atoms with E-state index >= 15 is 0 Å². The first kappa shape index (κ1) is 15.5. The molecule has 2 aromatic carbocycles. The van der Waals surface area contributed by atoms with Crippen LogP contribution in [0.5, 0.6) is 5.75 Å². The number of anilines is 1. The maximum Gasteiger partial charge on any atom is 0.283 e. The van der Waals surface area contributed by atoms with E-state index in [1.807, 2.05) is 48.5 Å². The highest BCUT2D eigenvalue weighted by Crippen LogP contribution is 2.30. The van der Waals surface area contributed by atoms with Gasteiger partial charge in [0.1, 0.15) is 5.75 Å². The Labute approximate surface area is 140 Å². The number of benzene rings is 2. The van der Waals surface area contributed by atoms with Gasteiger partial charge < -0.3 is 15.4 Å². The first-order valence-corrected chi connectivity index (χ1v) is 7.93. The maximum absolute atomic E-state index is 12.2. The lowest BCUT2D eigenvalue weighted by Crippen LogP contribution is -2.35. The zero-order valence-corrected chi connectivity index (χ0v) is 13.7. The Morgan fingerprint density at radius 2 is 1.87 bits per heavy atom. The van der Waals surface area contributed by atoms with E-state index in [0.29, 0.717) is 17.5 Å². The number of hydrogen-bond acceptors (Lipinski definition) is 3. The standard InChI is InChI=1S/C18H18N2O2S/c1-22-16-10-7-13(12-5-3-2-4-6-12)11-15(16)20-17(21)18(23)19-14-8-9-14/h2-7,10-11,14H,8-9H2,1H3,(H,19,23)(H,20,21). The highest BCUT2D eigenvalue weighted by molar-refractivity contribution is 7.82. The van der Waals surface area contributed by atoms with Crippen molar-refractivity contribution in [1.82, 2.24) is 5.32 Å². The molecular weight excluding hydrogens is 308 g/mol. The summed E-state index contributed by atoms with van der Waals surface area (Å²) in [5.74, 6) is 0.294.